The number of benzene rings is 2. The molecule has 0 amide bonds. The van der Waals surface area contributed by atoms with Crippen molar-refractivity contribution in [2.75, 3.05) is 56.2 Å². The zero-order valence-corrected chi connectivity index (χ0v) is 22.6. The molecule has 1 aromatic heterocycles. The van der Waals surface area contributed by atoms with Gasteiger partial charge in [0.15, 0.2) is 0 Å². The minimum Gasteiger partial charge on any atom is -0.463 e. The Balaban J connectivity index is 1.34. The van der Waals surface area contributed by atoms with Crippen molar-refractivity contribution in [3.8, 4) is 12.1 Å². The van der Waals surface area contributed by atoms with Crippen molar-refractivity contribution in [1.82, 2.24) is 20.6 Å². The second kappa shape index (κ2) is 10.6. The monoisotopic (exact) mass is 531 g/mol. The highest BCUT2D eigenvalue weighted by atomic mass is 35.5. The van der Waals surface area contributed by atoms with Gasteiger partial charge < -0.3 is 25.2 Å². The number of hydrogen-bond donors (Lipinski definition) is 2. The fraction of sp³-hybridized carbons (Fsp3) is 0.483. The summed E-state index contributed by atoms with van der Waals surface area (Å²) in [4.78, 5) is 14.6. The van der Waals surface area contributed by atoms with Crippen LogP contribution in [0.5, 0.6) is 6.01 Å². The SMILES string of the molecule is CNCC1(COc2nc3c(c(N4CCNC(CC#N)C4)n2)CCN(c2cccc4cccc(Cl)c24)C3)CC1. The second-order valence-corrected chi connectivity index (χ2v) is 11.2. The molecule has 9 heteroatoms. The number of rotatable bonds is 8. The molecule has 1 saturated heterocycles. The molecule has 2 aromatic carbocycles. The van der Waals surface area contributed by atoms with E-state index in [1.807, 2.05) is 19.2 Å². The maximum absolute atomic E-state index is 9.27. The Morgan fingerprint density at radius 1 is 1.18 bits per heavy atom. The van der Waals surface area contributed by atoms with Crippen LogP contribution in [0.3, 0.4) is 0 Å². The van der Waals surface area contributed by atoms with Crippen LogP contribution in [0.2, 0.25) is 5.02 Å². The van der Waals surface area contributed by atoms with Gasteiger partial charge in [-0.15, -0.1) is 0 Å². The lowest BCUT2D eigenvalue weighted by molar-refractivity contribution is 0.215. The molecule has 0 bridgehead atoms. The Hall–Kier alpha value is -3.12. The van der Waals surface area contributed by atoms with Crippen LogP contribution < -0.4 is 25.2 Å². The third kappa shape index (κ3) is 4.98. The fourth-order valence-electron chi connectivity index (χ4n) is 5.87. The van der Waals surface area contributed by atoms with E-state index in [0.717, 1.165) is 85.0 Å². The summed E-state index contributed by atoms with van der Waals surface area (Å²) in [5.74, 6) is 0.962. The molecule has 2 N–H and O–H groups in total. The van der Waals surface area contributed by atoms with E-state index in [2.05, 4.69) is 50.8 Å². The van der Waals surface area contributed by atoms with E-state index in [9.17, 15) is 5.26 Å². The molecule has 1 unspecified atom stereocenters. The summed E-state index contributed by atoms with van der Waals surface area (Å²) in [6, 6.07) is 15.3. The van der Waals surface area contributed by atoms with E-state index in [4.69, 9.17) is 26.3 Å². The number of aromatic nitrogens is 2. The maximum atomic E-state index is 9.27. The van der Waals surface area contributed by atoms with Gasteiger partial charge in [0, 0.05) is 60.8 Å². The highest BCUT2D eigenvalue weighted by Crippen LogP contribution is 2.45. The molecule has 8 nitrogen and oxygen atoms in total. The van der Waals surface area contributed by atoms with Crippen molar-refractivity contribution in [2.24, 2.45) is 5.41 Å². The fourth-order valence-corrected chi connectivity index (χ4v) is 6.15. The molecule has 1 aliphatic carbocycles. The van der Waals surface area contributed by atoms with Gasteiger partial charge >= 0.3 is 6.01 Å². The second-order valence-electron chi connectivity index (χ2n) is 10.8. The van der Waals surface area contributed by atoms with Crippen molar-refractivity contribution in [2.45, 2.75) is 38.3 Å². The van der Waals surface area contributed by atoms with E-state index in [1.54, 1.807) is 0 Å². The first kappa shape index (κ1) is 25.2. The van der Waals surface area contributed by atoms with Crippen molar-refractivity contribution in [3.63, 3.8) is 0 Å². The molecule has 1 atom stereocenters. The summed E-state index contributed by atoms with van der Waals surface area (Å²) in [6.07, 6.45) is 3.64. The summed E-state index contributed by atoms with van der Waals surface area (Å²) in [6.45, 7) is 5.50. The van der Waals surface area contributed by atoms with Crippen molar-refractivity contribution in [3.05, 3.63) is 52.7 Å². The van der Waals surface area contributed by atoms with Crippen LogP contribution in [-0.2, 0) is 13.0 Å². The Morgan fingerprint density at radius 2 is 2.03 bits per heavy atom. The summed E-state index contributed by atoms with van der Waals surface area (Å²) in [7, 11) is 1.99. The van der Waals surface area contributed by atoms with Crippen molar-refractivity contribution >= 4 is 33.9 Å². The third-order valence-corrected chi connectivity index (χ3v) is 8.42. The van der Waals surface area contributed by atoms with Gasteiger partial charge in [0.2, 0.25) is 0 Å². The first-order valence-corrected chi connectivity index (χ1v) is 13.9. The number of fused-ring (bicyclic) bond motifs is 2. The summed E-state index contributed by atoms with van der Waals surface area (Å²) >= 11 is 6.68. The predicted molar refractivity (Wildman–Crippen MR) is 151 cm³/mol. The molecule has 2 fully saturated rings. The van der Waals surface area contributed by atoms with E-state index < -0.39 is 0 Å². The molecular formula is C29H34ClN7O. The number of nitrogens with one attached hydrogen (secondary N) is 2. The minimum absolute atomic E-state index is 0.131. The minimum atomic E-state index is 0.131. The Bertz CT molecular complexity index is 1360. The molecule has 3 aromatic rings. The number of nitriles is 1. The van der Waals surface area contributed by atoms with E-state index >= 15 is 0 Å². The Morgan fingerprint density at radius 3 is 2.82 bits per heavy atom. The molecular weight excluding hydrogens is 498 g/mol. The Labute approximate surface area is 228 Å². The van der Waals surface area contributed by atoms with Crippen LogP contribution in [-0.4, -0.2) is 62.4 Å². The third-order valence-electron chi connectivity index (χ3n) is 8.10. The molecule has 3 aliphatic rings. The van der Waals surface area contributed by atoms with Crippen LogP contribution in [0.4, 0.5) is 11.5 Å². The number of piperazine rings is 1. The van der Waals surface area contributed by atoms with Crippen LogP contribution in [0.15, 0.2) is 36.4 Å². The number of nitrogens with zero attached hydrogens (tertiary/aromatic N) is 5. The highest BCUT2D eigenvalue weighted by Gasteiger charge is 2.43. The lowest BCUT2D eigenvalue weighted by atomic mass is 10.0. The highest BCUT2D eigenvalue weighted by molar-refractivity contribution is 6.36. The summed E-state index contributed by atoms with van der Waals surface area (Å²) < 4.78 is 6.29. The molecule has 0 radical (unpaired) electrons. The number of ether oxygens (including phenoxy) is 1. The first-order valence-electron chi connectivity index (χ1n) is 13.5. The van der Waals surface area contributed by atoms with Gasteiger partial charge in [-0.2, -0.15) is 15.2 Å². The zero-order chi connectivity index (χ0) is 26.1. The normalized spacial score (nSPS) is 20.2. The van der Waals surface area contributed by atoms with Crippen LogP contribution >= 0.6 is 11.6 Å². The summed E-state index contributed by atoms with van der Waals surface area (Å²) in [5.41, 5.74) is 3.51. The average molecular weight is 532 g/mol. The average Bonchev–Trinajstić information content (AvgIpc) is 3.71. The predicted octanol–water partition coefficient (Wildman–Crippen LogP) is 3.92. The van der Waals surface area contributed by atoms with Crippen LogP contribution in [0.25, 0.3) is 10.8 Å². The van der Waals surface area contributed by atoms with Gasteiger partial charge in [0.25, 0.3) is 0 Å². The molecule has 0 spiro atoms. The van der Waals surface area contributed by atoms with Gasteiger partial charge in [-0.25, -0.2) is 0 Å². The van der Waals surface area contributed by atoms with E-state index in [0.29, 0.717) is 25.6 Å². The van der Waals surface area contributed by atoms with Crippen molar-refractivity contribution in [1.29, 1.82) is 5.26 Å². The van der Waals surface area contributed by atoms with Gasteiger partial charge in [0.05, 0.1) is 36.4 Å². The number of anilines is 2. The quantitative estimate of drug-likeness (QED) is 0.452. The molecule has 198 valence electrons. The van der Waals surface area contributed by atoms with Crippen LogP contribution in [0.1, 0.15) is 30.5 Å². The molecule has 3 heterocycles. The lowest BCUT2D eigenvalue weighted by Crippen LogP contribution is -2.51. The summed E-state index contributed by atoms with van der Waals surface area (Å²) in [5, 5.41) is 19.0. The standard InChI is InChI=1S/C29H34ClN7O/c1-32-18-29(10-11-29)19-38-28-34-24-17-36(25-7-3-5-20-4-2-6-23(30)26(20)25)14-9-22(24)27(35-28)37-15-13-33-21(16-37)8-12-31/h2-7,21,32-33H,8-11,13-19H2,1H3. The topological polar surface area (TPSA) is 89.3 Å². The first-order chi connectivity index (χ1) is 18.6. The largest absolute Gasteiger partial charge is 0.463 e. The van der Waals surface area contributed by atoms with Gasteiger partial charge in [0.1, 0.15) is 5.82 Å². The number of hydrogen-bond acceptors (Lipinski definition) is 8. The molecule has 38 heavy (non-hydrogen) atoms. The van der Waals surface area contributed by atoms with Gasteiger partial charge in [-0.3, -0.25) is 0 Å². The van der Waals surface area contributed by atoms with Crippen LogP contribution in [0, 0.1) is 16.7 Å². The zero-order valence-electron chi connectivity index (χ0n) is 21.8. The van der Waals surface area contributed by atoms with Crippen molar-refractivity contribution < 1.29 is 4.74 Å². The maximum Gasteiger partial charge on any atom is 0.318 e. The molecule has 6 rings (SSSR count). The van der Waals surface area contributed by atoms with E-state index in [1.165, 1.54) is 5.56 Å². The molecule has 2 aliphatic heterocycles. The number of halogens is 1. The Kier molecular flexibility index (Phi) is 7.00. The molecule has 1 saturated carbocycles. The lowest BCUT2D eigenvalue weighted by Gasteiger charge is -2.37. The van der Waals surface area contributed by atoms with E-state index in [-0.39, 0.29) is 11.5 Å². The van der Waals surface area contributed by atoms with Gasteiger partial charge in [-0.1, -0.05) is 35.9 Å². The smallest absolute Gasteiger partial charge is 0.318 e. The van der Waals surface area contributed by atoms with Gasteiger partial charge in [-0.05, 0) is 43.8 Å².